The molecule has 0 saturated heterocycles. The highest BCUT2D eigenvalue weighted by atomic mass is 16.6. The SMILES string of the molecule is COC(=O)c1cccc(Oc2cccc3c2CN(C(=O)OC(C)(C)C)C3)c1. The van der Waals surface area contributed by atoms with Crippen molar-refractivity contribution in [2.75, 3.05) is 7.11 Å². The van der Waals surface area contributed by atoms with Gasteiger partial charge < -0.3 is 14.2 Å². The Morgan fingerprint density at radius 3 is 2.48 bits per heavy atom. The Bertz CT molecular complexity index is 869. The van der Waals surface area contributed by atoms with E-state index >= 15 is 0 Å². The minimum atomic E-state index is -0.542. The maximum atomic E-state index is 12.4. The zero-order valence-corrected chi connectivity index (χ0v) is 15.9. The van der Waals surface area contributed by atoms with Crippen molar-refractivity contribution in [2.24, 2.45) is 0 Å². The van der Waals surface area contributed by atoms with Crippen molar-refractivity contribution in [3.05, 3.63) is 59.2 Å². The average Bonchev–Trinajstić information content (AvgIpc) is 3.05. The number of hydrogen-bond donors (Lipinski definition) is 0. The fourth-order valence-corrected chi connectivity index (χ4v) is 2.87. The number of benzene rings is 2. The summed E-state index contributed by atoms with van der Waals surface area (Å²) in [6.07, 6.45) is -0.350. The van der Waals surface area contributed by atoms with Crippen molar-refractivity contribution in [2.45, 2.75) is 39.5 Å². The molecule has 0 saturated carbocycles. The van der Waals surface area contributed by atoms with Crippen molar-refractivity contribution in [3.63, 3.8) is 0 Å². The lowest BCUT2D eigenvalue weighted by molar-refractivity contribution is 0.0241. The van der Waals surface area contributed by atoms with Crippen molar-refractivity contribution < 1.29 is 23.8 Å². The Kier molecular flexibility index (Phi) is 5.08. The molecule has 0 bridgehead atoms. The molecule has 3 rings (SSSR count). The third-order valence-corrected chi connectivity index (χ3v) is 4.07. The van der Waals surface area contributed by atoms with Gasteiger partial charge in [-0.3, -0.25) is 4.90 Å². The summed E-state index contributed by atoms with van der Waals surface area (Å²) in [7, 11) is 1.34. The van der Waals surface area contributed by atoms with Gasteiger partial charge in [0.25, 0.3) is 0 Å². The van der Waals surface area contributed by atoms with Gasteiger partial charge in [-0.2, -0.15) is 0 Å². The van der Waals surface area contributed by atoms with Crippen LogP contribution in [0.15, 0.2) is 42.5 Å². The number of rotatable bonds is 3. The Morgan fingerprint density at radius 1 is 1.04 bits per heavy atom. The maximum absolute atomic E-state index is 12.4. The summed E-state index contributed by atoms with van der Waals surface area (Å²) in [6.45, 7) is 6.42. The number of hydrogen-bond acceptors (Lipinski definition) is 5. The molecule has 27 heavy (non-hydrogen) atoms. The molecule has 1 aliphatic rings. The van der Waals surface area contributed by atoms with Gasteiger partial charge in [0.05, 0.1) is 19.2 Å². The zero-order chi connectivity index (χ0) is 19.6. The standard InChI is InChI=1S/C21H23NO5/c1-21(2,3)27-20(24)22-12-15-8-6-10-18(17(15)13-22)26-16-9-5-7-14(11-16)19(23)25-4/h5-11H,12-13H2,1-4H3. The molecule has 1 heterocycles. The van der Waals surface area contributed by atoms with Crippen LogP contribution in [0.5, 0.6) is 11.5 Å². The van der Waals surface area contributed by atoms with E-state index in [1.807, 2.05) is 39.0 Å². The summed E-state index contributed by atoms with van der Waals surface area (Å²) >= 11 is 0. The summed E-state index contributed by atoms with van der Waals surface area (Å²) in [5.41, 5.74) is 1.83. The molecule has 6 heteroatoms. The molecule has 0 N–H and O–H groups in total. The van der Waals surface area contributed by atoms with Crippen LogP contribution in [-0.2, 0) is 22.6 Å². The van der Waals surface area contributed by atoms with E-state index in [4.69, 9.17) is 14.2 Å². The highest BCUT2D eigenvalue weighted by Gasteiger charge is 2.29. The first-order chi connectivity index (χ1) is 12.8. The molecule has 0 aliphatic carbocycles. The number of nitrogens with zero attached hydrogens (tertiary/aromatic N) is 1. The summed E-state index contributed by atoms with van der Waals surface area (Å²) in [4.78, 5) is 25.7. The zero-order valence-electron chi connectivity index (χ0n) is 15.9. The van der Waals surface area contributed by atoms with Crippen molar-refractivity contribution in [3.8, 4) is 11.5 Å². The quantitative estimate of drug-likeness (QED) is 0.745. The molecular formula is C21H23NO5. The Hall–Kier alpha value is -3.02. The monoisotopic (exact) mass is 369 g/mol. The van der Waals surface area contributed by atoms with E-state index in [0.717, 1.165) is 11.1 Å². The maximum Gasteiger partial charge on any atom is 0.410 e. The molecule has 1 aliphatic heterocycles. The molecule has 6 nitrogen and oxygen atoms in total. The Morgan fingerprint density at radius 2 is 1.78 bits per heavy atom. The van der Waals surface area contributed by atoms with E-state index in [1.165, 1.54) is 7.11 Å². The molecule has 0 aromatic heterocycles. The first-order valence-corrected chi connectivity index (χ1v) is 8.72. The van der Waals surface area contributed by atoms with Crippen LogP contribution in [0, 0.1) is 0 Å². The smallest absolute Gasteiger partial charge is 0.410 e. The van der Waals surface area contributed by atoms with Gasteiger partial charge in [0.1, 0.15) is 17.1 Å². The summed E-state index contributed by atoms with van der Waals surface area (Å²) in [6, 6.07) is 12.5. The molecule has 0 atom stereocenters. The van der Waals surface area contributed by atoms with Gasteiger partial charge in [0, 0.05) is 12.1 Å². The van der Waals surface area contributed by atoms with E-state index in [9.17, 15) is 9.59 Å². The molecule has 2 aromatic rings. The Labute approximate surface area is 158 Å². The fraction of sp³-hybridized carbons (Fsp3) is 0.333. The predicted octanol–water partition coefficient (Wildman–Crippen LogP) is 4.52. The Balaban J connectivity index is 1.79. The van der Waals surface area contributed by atoms with Gasteiger partial charge in [0.2, 0.25) is 0 Å². The molecule has 0 fully saturated rings. The molecule has 0 spiro atoms. The lowest BCUT2D eigenvalue weighted by Crippen LogP contribution is -2.33. The van der Waals surface area contributed by atoms with E-state index < -0.39 is 11.6 Å². The van der Waals surface area contributed by atoms with Crippen molar-refractivity contribution in [1.82, 2.24) is 4.90 Å². The second-order valence-corrected chi connectivity index (χ2v) is 7.35. The van der Waals surface area contributed by atoms with Crippen LogP contribution < -0.4 is 4.74 Å². The molecule has 0 radical (unpaired) electrons. The van der Waals surface area contributed by atoms with Crippen molar-refractivity contribution >= 4 is 12.1 Å². The lowest BCUT2D eigenvalue weighted by Gasteiger charge is -2.24. The first kappa shape index (κ1) is 18.8. The largest absolute Gasteiger partial charge is 0.465 e. The summed E-state index contributed by atoms with van der Waals surface area (Å²) in [5, 5.41) is 0. The number of amides is 1. The molecule has 2 aromatic carbocycles. The minimum absolute atomic E-state index is 0.350. The van der Waals surface area contributed by atoms with Crippen LogP contribution in [-0.4, -0.2) is 29.7 Å². The van der Waals surface area contributed by atoms with E-state index in [1.54, 1.807) is 29.2 Å². The second-order valence-electron chi connectivity index (χ2n) is 7.35. The second kappa shape index (κ2) is 7.31. The van der Waals surface area contributed by atoms with Gasteiger partial charge in [-0.1, -0.05) is 18.2 Å². The number of carbonyl (C=O) groups is 2. The van der Waals surface area contributed by atoms with E-state index in [-0.39, 0.29) is 6.09 Å². The number of methoxy groups -OCH3 is 1. The van der Waals surface area contributed by atoms with Gasteiger partial charge in [-0.05, 0) is 50.6 Å². The lowest BCUT2D eigenvalue weighted by atomic mass is 10.1. The number of fused-ring (bicyclic) bond motifs is 1. The summed E-state index contributed by atoms with van der Waals surface area (Å²) < 4.78 is 16.2. The predicted molar refractivity (Wildman–Crippen MR) is 99.8 cm³/mol. The van der Waals surface area contributed by atoms with Crippen LogP contribution in [0.4, 0.5) is 4.79 Å². The minimum Gasteiger partial charge on any atom is -0.465 e. The number of esters is 1. The topological polar surface area (TPSA) is 65.1 Å². The van der Waals surface area contributed by atoms with Gasteiger partial charge in [-0.15, -0.1) is 0 Å². The van der Waals surface area contributed by atoms with E-state index in [2.05, 4.69) is 0 Å². The first-order valence-electron chi connectivity index (χ1n) is 8.72. The molecule has 0 unspecified atom stereocenters. The van der Waals surface area contributed by atoms with Gasteiger partial charge >= 0.3 is 12.1 Å². The van der Waals surface area contributed by atoms with E-state index in [0.29, 0.717) is 30.2 Å². The molecular weight excluding hydrogens is 346 g/mol. The van der Waals surface area contributed by atoms with Crippen LogP contribution in [0.2, 0.25) is 0 Å². The fourth-order valence-electron chi connectivity index (χ4n) is 2.87. The van der Waals surface area contributed by atoms with Crippen LogP contribution in [0.3, 0.4) is 0 Å². The van der Waals surface area contributed by atoms with Crippen LogP contribution in [0.25, 0.3) is 0 Å². The van der Waals surface area contributed by atoms with Gasteiger partial charge in [-0.25, -0.2) is 9.59 Å². The van der Waals surface area contributed by atoms with Crippen molar-refractivity contribution in [1.29, 1.82) is 0 Å². The number of carbonyl (C=O) groups excluding carboxylic acids is 2. The van der Waals surface area contributed by atoms with Gasteiger partial charge in [0.15, 0.2) is 0 Å². The third kappa shape index (κ3) is 4.39. The highest BCUT2D eigenvalue weighted by molar-refractivity contribution is 5.89. The van der Waals surface area contributed by atoms with Crippen LogP contribution in [0.1, 0.15) is 42.3 Å². The highest BCUT2D eigenvalue weighted by Crippen LogP contribution is 2.34. The molecule has 1 amide bonds. The summed E-state index contributed by atoms with van der Waals surface area (Å²) in [5.74, 6) is 0.762. The average molecular weight is 369 g/mol. The molecule has 142 valence electrons. The van der Waals surface area contributed by atoms with Crippen LogP contribution >= 0.6 is 0 Å². The normalized spacial score (nSPS) is 13.1. The third-order valence-electron chi connectivity index (χ3n) is 4.07. The number of ether oxygens (including phenoxy) is 3.